The first-order valence-electron chi connectivity index (χ1n) is 6.41. The molecule has 0 N–H and O–H groups in total. The van der Waals surface area contributed by atoms with E-state index in [1.165, 1.54) is 4.80 Å². The van der Waals surface area contributed by atoms with Crippen LogP contribution >= 0.6 is 27.3 Å². The van der Waals surface area contributed by atoms with Gasteiger partial charge in [-0.1, -0.05) is 28.1 Å². The Morgan fingerprint density at radius 1 is 1.27 bits per heavy atom. The Balaban J connectivity index is 1.54. The Kier molecular flexibility index (Phi) is 4.59. The van der Waals surface area contributed by atoms with Crippen LogP contribution < -0.4 is 0 Å². The van der Waals surface area contributed by atoms with Crippen molar-refractivity contribution in [1.29, 1.82) is 0 Å². The quantitative estimate of drug-likeness (QED) is 0.638. The smallest absolute Gasteiger partial charge is 0.330 e. The molecule has 0 radical (unpaired) electrons. The molecule has 112 valence electrons. The van der Waals surface area contributed by atoms with Crippen LogP contribution in [0.3, 0.4) is 0 Å². The predicted molar refractivity (Wildman–Crippen MR) is 85.1 cm³/mol. The lowest BCUT2D eigenvalue weighted by molar-refractivity contribution is -0.146. The van der Waals surface area contributed by atoms with Crippen molar-refractivity contribution < 1.29 is 9.53 Å². The number of thiophene rings is 1. The largest absolute Gasteiger partial charge is 0.459 e. The predicted octanol–water partition coefficient (Wildman–Crippen LogP) is 2.91. The fraction of sp³-hybridized carbons (Fsp3) is 0.143. The zero-order chi connectivity index (χ0) is 15.4. The SMILES string of the molecule is O=C(Cn1nnc(-c2ccsc2)n1)OCc1ccc(Br)cc1. The highest BCUT2D eigenvalue weighted by atomic mass is 79.9. The summed E-state index contributed by atoms with van der Waals surface area (Å²) in [5.74, 6) is 0.0964. The minimum Gasteiger partial charge on any atom is -0.459 e. The van der Waals surface area contributed by atoms with Gasteiger partial charge in [0.25, 0.3) is 0 Å². The van der Waals surface area contributed by atoms with Crippen molar-refractivity contribution in [3.63, 3.8) is 0 Å². The summed E-state index contributed by atoms with van der Waals surface area (Å²) in [5.41, 5.74) is 1.81. The van der Waals surface area contributed by atoms with E-state index >= 15 is 0 Å². The van der Waals surface area contributed by atoms with Gasteiger partial charge in [-0.05, 0) is 34.4 Å². The lowest BCUT2D eigenvalue weighted by Crippen LogP contribution is -2.15. The molecule has 0 bridgehead atoms. The highest BCUT2D eigenvalue weighted by Crippen LogP contribution is 2.16. The third-order valence-corrected chi connectivity index (χ3v) is 4.03. The van der Waals surface area contributed by atoms with Gasteiger partial charge in [0.05, 0.1) is 0 Å². The molecule has 0 aliphatic carbocycles. The van der Waals surface area contributed by atoms with Gasteiger partial charge in [0.1, 0.15) is 6.61 Å². The van der Waals surface area contributed by atoms with Gasteiger partial charge in [-0.3, -0.25) is 0 Å². The summed E-state index contributed by atoms with van der Waals surface area (Å²) in [4.78, 5) is 13.0. The molecule has 0 atom stereocenters. The van der Waals surface area contributed by atoms with Crippen LogP contribution in [-0.4, -0.2) is 26.2 Å². The third-order valence-electron chi connectivity index (χ3n) is 2.82. The van der Waals surface area contributed by atoms with E-state index in [4.69, 9.17) is 4.74 Å². The topological polar surface area (TPSA) is 69.9 Å². The second-order valence-electron chi connectivity index (χ2n) is 4.44. The Hall–Kier alpha value is -2.06. The summed E-state index contributed by atoms with van der Waals surface area (Å²) in [6.07, 6.45) is 0. The van der Waals surface area contributed by atoms with Crippen molar-refractivity contribution in [2.75, 3.05) is 0 Å². The Morgan fingerprint density at radius 2 is 2.09 bits per heavy atom. The van der Waals surface area contributed by atoms with Crippen LogP contribution in [-0.2, 0) is 22.7 Å². The number of hydrogen-bond donors (Lipinski definition) is 0. The summed E-state index contributed by atoms with van der Waals surface area (Å²) in [7, 11) is 0. The highest BCUT2D eigenvalue weighted by Gasteiger charge is 2.10. The van der Waals surface area contributed by atoms with E-state index in [1.54, 1.807) is 11.3 Å². The maximum atomic E-state index is 11.8. The first-order chi connectivity index (χ1) is 10.7. The average Bonchev–Trinajstić information content (AvgIpc) is 3.17. The number of benzene rings is 1. The zero-order valence-corrected chi connectivity index (χ0v) is 13.7. The monoisotopic (exact) mass is 378 g/mol. The molecule has 2 heterocycles. The van der Waals surface area contributed by atoms with Crippen molar-refractivity contribution in [1.82, 2.24) is 20.2 Å². The molecule has 0 fully saturated rings. The molecule has 3 rings (SSSR count). The summed E-state index contributed by atoms with van der Waals surface area (Å²) >= 11 is 4.91. The third kappa shape index (κ3) is 3.77. The van der Waals surface area contributed by atoms with Gasteiger partial charge in [-0.2, -0.15) is 16.1 Å². The van der Waals surface area contributed by atoms with E-state index in [1.807, 2.05) is 41.1 Å². The van der Waals surface area contributed by atoms with Crippen molar-refractivity contribution in [2.45, 2.75) is 13.2 Å². The minimum absolute atomic E-state index is 0.0618. The minimum atomic E-state index is -0.405. The molecule has 0 spiro atoms. The molecule has 0 saturated carbocycles. The second kappa shape index (κ2) is 6.80. The molecule has 6 nitrogen and oxygen atoms in total. The van der Waals surface area contributed by atoms with Crippen LogP contribution in [0, 0.1) is 0 Å². The molecule has 1 aromatic carbocycles. The van der Waals surface area contributed by atoms with Crippen LogP contribution in [0.25, 0.3) is 11.4 Å². The molecular weight excluding hydrogens is 368 g/mol. The van der Waals surface area contributed by atoms with Gasteiger partial charge in [-0.15, -0.1) is 10.2 Å². The number of tetrazole rings is 1. The molecule has 0 aliphatic rings. The molecule has 0 saturated heterocycles. The number of carbonyl (C=O) groups is 1. The molecule has 0 unspecified atom stereocenters. The van der Waals surface area contributed by atoms with Gasteiger partial charge in [-0.25, -0.2) is 4.79 Å². The summed E-state index contributed by atoms with van der Waals surface area (Å²) < 4.78 is 6.17. The number of ether oxygens (including phenoxy) is 1. The van der Waals surface area contributed by atoms with E-state index in [0.29, 0.717) is 5.82 Å². The summed E-state index contributed by atoms with van der Waals surface area (Å²) in [6.45, 7) is 0.159. The second-order valence-corrected chi connectivity index (χ2v) is 6.14. The first kappa shape index (κ1) is 14.9. The standard InChI is InChI=1S/C14H11BrN4O2S/c15-12-3-1-10(2-4-12)8-21-13(20)7-19-17-14(16-18-19)11-5-6-22-9-11/h1-6,9H,7-8H2. The summed E-state index contributed by atoms with van der Waals surface area (Å²) in [5, 5.41) is 15.8. The lowest BCUT2D eigenvalue weighted by Gasteiger charge is -2.04. The van der Waals surface area contributed by atoms with Crippen LogP contribution in [0.2, 0.25) is 0 Å². The van der Waals surface area contributed by atoms with Crippen LogP contribution in [0.5, 0.6) is 0 Å². The first-order valence-corrected chi connectivity index (χ1v) is 8.15. The maximum absolute atomic E-state index is 11.8. The van der Waals surface area contributed by atoms with Crippen molar-refractivity contribution in [3.8, 4) is 11.4 Å². The van der Waals surface area contributed by atoms with Gasteiger partial charge < -0.3 is 4.74 Å². The molecule has 3 aromatic rings. The highest BCUT2D eigenvalue weighted by molar-refractivity contribution is 9.10. The van der Waals surface area contributed by atoms with Gasteiger partial charge in [0, 0.05) is 15.4 Å². The molecule has 0 aliphatic heterocycles. The molecule has 22 heavy (non-hydrogen) atoms. The normalized spacial score (nSPS) is 10.6. The fourth-order valence-corrected chi connectivity index (χ4v) is 2.62. The Morgan fingerprint density at radius 3 is 2.82 bits per heavy atom. The number of halogens is 1. The number of aromatic nitrogens is 4. The summed E-state index contributed by atoms with van der Waals surface area (Å²) in [6, 6.07) is 9.47. The Labute approximate surface area is 138 Å². The number of hydrogen-bond acceptors (Lipinski definition) is 6. The van der Waals surface area contributed by atoms with E-state index in [-0.39, 0.29) is 13.2 Å². The number of rotatable bonds is 5. The average molecular weight is 379 g/mol. The van der Waals surface area contributed by atoms with E-state index < -0.39 is 5.97 Å². The Bertz CT molecular complexity index is 756. The fourth-order valence-electron chi connectivity index (χ4n) is 1.72. The van der Waals surface area contributed by atoms with Gasteiger partial charge in [0.15, 0.2) is 6.54 Å². The number of esters is 1. The molecular formula is C14H11BrN4O2S. The van der Waals surface area contributed by atoms with E-state index in [9.17, 15) is 4.79 Å². The maximum Gasteiger partial charge on any atom is 0.330 e. The van der Waals surface area contributed by atoms with Crippen molar-refractivity contribution in [3.05, 3.63) is 51.1 Å². The number of nitrogens with zero attached hydrogens (tertiary/aromatic N) is 4. The van der Waals surface area contributed by atoms with Crippen molar-refractivity contribution >= 4 is 33.2 Å². The number of carbonyl (C=O) groups excluding carboxylic acids is 1. The molecule has 2 aromatic heterocycles. The van der Waals surface area contributed by atoms with Crippen LogP contribution in [0.1, 0.15) is 5.56 Å². The van der Waals surface area contributed by atoms with E-state index in [2.05, 4.69) is 31.3 Å². The van der Waals surface area contributed by atoms with Gasteiger partial charge >= 0.3 is 5.97 Å². The molecule has 0 amide bonds. The van der Waals surface area contributed by atoms with Crippen LogP contribution in [0.4, 0.5) is 0 Å². The lowest BCUT2D eigenvalue weighted by atomic mass is 10.2. The van der Waals surface area contributed by atoms with Crippen molar-refractivity contribution in [2.24, 2.45) is 0 Å². The zero-order valence-electron chi connectivity index (χ0n) is 11.3. The van der Waals surface area contributed by atoms with E-state index in [0.717, 1.165) is 15.6 Å². The van der Waals surface area contributed by atoms with Gasteiger partial charge in [0.2, 0.25) is 5.82 Å². The van der Waals surface area contributed by atoms with Crippen LogP contribution in [0.15, 0.2) is 45.6 Å². The molecule has 8 heteroatoms.